The molecule has 0 bridgehead atoms. The first-order chi connectivity index (χ1) is 7.43. The topological polar surface area (TPSA) is 89.3 Å². The fourth-order valence-electron chi connectivity index (χ4n) is 1.38. The summed E-state index contributed by atoms with van der Waals surface area (Å²) in [4.78, 5) is 32.3. The molecule has 0 fully saturated rings. The van der Waals surface area contributed by atoms with E-state index in [9.17, 15) is 19.7 Å². The minimum Gasteiger partial charge on any atom is -0.313 e. The zero-order chi connectivity index (χ0) is 12.0. The number of Topliss-reactive ketones (excluding diaryl/α,β-unsaturated/α-hetero) is 1. The Morgan fingerprint density at radius 2 is 1.94 bits per heavy atom. The molecule has 1 heterocycles. The van der Waals surface area contributed by atoms with Crippen molar-refractivity contribution in [3.05, 3.63) is 31.8 Å². The molecule has 16 heavy (non-hydrogen) atoms. The standard InChI is InChI=1S/C8H2Cl2N2O4/c9-3-1-2-5(11-8(14)7(2)13)6(4(3)10)12(15)16/h1H,(H,11,13,14). The van der Waals surface area contributed by atoms with Gasteiger partial charge in [-0.25, -0.2) is 0 Å². The van der Waals surface area contributed by atoms with Crippen molar-refractivity contribution in [1.82, 2.24) is 0 Å². The molecule has 0 spiro atoms. The summed E-state index contributed by atoms with van der Waals surface area (Å²) in [5, 5.41) is 12.4. The number of carbonyl (C=O) groups is 2. The van der Waals surface area contributed by atoms with Crippen LogP contribution in [0.5, 0.6) is 0 Å². The molecule has 82 valence electrons. The Morgan fingerprint density at radius 3 is 2.50 bits per heavy atom. The van der Waals surface area contributed by atoms with Crippen LogP contribution in [0.25, 0.3) is 0 Å². The van der Waals surface area contributed by atoms with Crippen molar-refractivity contribution >= 4 is 46.3 Å². The Bertz CT molecular complexity index is 555. The van der Waals surface area contributed by atoms with Crippen LogP contribution < -0.4 is 5.32 Å². The Hall–Kier alpha value is -1.66. The summed E-state index contributed by atoms with van der Waals surface area (Å²) < 4.78 is 0. The largest absolute Gasteiger partial charge is 0.313 e. The first-order valence-electron chi connectivity index (χ1n) is 3.95. The average molecular weight is 261 g/mol. The van der Waals surface area contributed by atoms with Crippen molar-refractivity contribution in [1.29, 1.82) is 0 Å². The van der Waals surface area contributed by atoms with Gasteiger partial charge in [-0.15, -0.1) is 0 Å². The highest BCUT2D eigenvalue weighted by molar-refractivity contribution is 6.54. The fourth-order valence-corrected chi connectivity index (χ4v) is 1.80. The van der Waals surface area contributed by atoms with Gasteiger partial charge in [0.25, 0.3) is 11.7 Å². The van der Waals surface area contributed by atoms with Gasteiger partial charge in [-0.2, -0.15) is 0 Å². The smallest absolute Gasteiger partial charge is 0.313 e. The number of fused-ring (bicyclic) bond motifs is 1. The van der Waals surface area contributed by atoms with Crippen LogP contribution in [0.1, 0.15) is 10.4 Å². The number of nitro groups is 1. The minimum absolute atomic E-state index is 0.133. The predicted molar refractivity (Wildman–Crippen MR) is 56.1 cm³/mol. The number of amides is 1. The highest BCUT2D eigenvalue weighted by Gasteiger charge is 2.37. The molecule has 8 heteroatoms. The number of nitrogens with one attached hydrogen (secondary N) is 1. The second-order valence-electron chi connectivity index (χ2n) is 2.98. The summed E-state index contributed by atoms with van der Waals surface area (Å²) in [5.74, 6) is -1.80. The Labute approximate surface area is 98.3 Å². The number of benzene rings is 1. The van der Waals surface area contributed by atoms with Crippen LogP contribution in [0.4, 0.5) is 11.4 Å². The highest BCUT2D eigenvalue weighted by Crippen LogP contribution is 2.42. The maximum Gasteiger partial charge on any atom is 0.313 e. The molecule has 1 aromatic carbocycles. The Kier molecular flexibility index (Phi) is 2.32. The number of ketones is 1. The van der Waals surface area contributed by atoms with E-state index in [1.165, 1.54) is 0 Å². The molecule has 1 N–H and O–H groups in total. The zero-order valence-electron chi connectivity index (χ0n) is 7.41. The molecule has 1 aliphatic heterocycles. The lowest BCUT2D eigenvalue weighted by Crippen LogP contribution is -2.12. The number of nitro benzene ring substituents is 1. The molecule has 0 saturated heterocycles. The van der Waals surface area contributed by atoms with Crippen LogP contribution in [0.3, 0.4) is 0 Å². The summed E-state index contributed by atoms with van der Waals surface area (Å²) in [6, 6.07) is 1.13. The number of halogens is 2. The first kappa shape index (κ1) is 10.8. The Morgan fingerprint density at radius 1 is 1.31 bits per heavy atom. The van der Waals surface area contributed by atoms with Crippen molar-refractivity contribution in [2.45, 2.75) is 0 Å². The third-order valence-corrected chi connectivity index (χ3v) is 2.84. The van der Waals surface area contributed by atoms with E-state index in [0.29, 0.717) is 0 Å². The molecule has 0 aliphatic carbocycles. The van der Waals surface area contributed by atoms with Crippen LogP contribution >= 0.6 is 23.2 Å². The first-order valence-corrected chi connectivity index (χ1v) is 4.71. The summed E-state index contributed by atoms with van der Waals surface area (Å²) in [6.45, 7) is 0. The molecule has 0 atom stereocenters. The van der Waals surface area contributed by atoms with Gasteiger partial charge in [-0.1, -0.05) is 23.2 Å². The van der Waals surface area contributed by atoms with Gasteiger partial charge in [0, 0.05) is 0 Å². The minimum atomic E-state index is -0.934. The normalized spacial score (nSPS) is 13.6. The molecule has 1 amide bonds. The van der Waals surface area contributed by atoms with E-state index >= 15 is 0 Å². The highest BCUT2D eigenvalue weighted by atomic mass is 35.5. The molecule has 0 saturated carbocycles. The number of carbonyl (C=O) groups excluding carboxylic acids is 2. The number of nitrogens with zero attached hydrogens (tertiary/aromatic N) is 1. The zero-order valence-corrected chi connectivity index (χ0v) is 8.93. The van der Waals surface area contributed by atoms with Gasteiger partial charge in [-0.3, -0.25) is 19.7 Å². The monoisotopic (exact) mass is 260 g/mol. The average Bonchev–Trinajstić information content (AvgIpc) is 2.45. The number of hydrogen-bond acceptors (Lipinski definition) is 4. The maximum absolute atomic E-state index is 11.3. The lowest BCUT2D eigenvalue weighted by Gasteiger charge is -2.02. The SMILES string of the molecule is O=C1Nc2c(cc(Cl)c(Cl)c2[N+](=O)[O-])C1=O. The van der Waals surface area contributed by atoms with Crippen LogP contribution in [-0.2, 0) is 4.79 Å². The van der Waals surface area contributed by atoms with Crippen LogP contribution in [0.15, 0.2) is 6.07 Å². The van der Waals surface area contributed by atoms with Crippen molar-refractivity contribution in [3.63, 3.8) is 0 Å². The van der Waals surface area contributed by atoms with E-state index in [-0.39, 0.29) is 21.3 Å². The van der Waals surface area contributed by atoms with Gasteiger partial charge in [0.1, 0.15) is 10.7 Å². The summed E-state index contributed by atoms with van der Waals surface area (Å²) in [6.07, 6.45) is 0. The lowest BCUT2D eigenvalue weighted by molar-refractivity contribution is -0.383. The third-order valence-electron chi connectivity index (χ3n) is 2.07. The number of anilines is 1. The van der Waals surface area contributed by atoms with Crippen LogP contribution in [0, 0.1) is 10.1 Å². The van der Waals surface area contributed by atoms with Crippen molar-refractivity contribution < 1.29 is 14.5 Å². The maximum atomic E-state index is 11.3. The number of rotatable bonds is 1. The summed E-state index contributed by atoms with van der Waals surface area (Å²) in [7, 11) is 0. The van der Waals surface area contributed by atoms with Crippen molar-refractivity contribution in [2.24, 2.45) is 0 Å². The second kappa shape index (κ2) is 3.43. The van der Waals surface area contributed by atoms with Gasteiger partial charge in [-0.05, 0) is 6.07 Å². The summed E-state index contributed by atoms with van der Waals surface area (Å²) >= 11 is 11.3. The van der Waals surface area contributed by atoms with Crippen LogP contribution in [0.2, 0.25) is 10.0 Å². The van der Waals surface area contributed by atoms with Gasteiger partial charge < -0.3 is 5.32 Å². The molecular formula is C8H2Cl2N2O4. The molecule has 0 unspecified atom stereocenters. The van der Waals surface area contributed by atoms with Gasteiger partial charge >= 0.3 is 5.69 Å². The number of hydrogen-bond donors (Lipinski definition) is 1. The molecular weight excluding hydrogens is 259 g/mol. The van der Waals surface area contributed by atoms with E-state index in [1.54, 1.807) is 0 Å². The predicted octanol–water partition coefficient (Wildman–Crippen LogP) is 2.04. The van der Waals surface area contributed by atoms with Crippen molar-refractivity contribution in [2.75, 3.05) is 5.32 Å². The van der Waals surface area contributed by atoms with Gasteiger partial charge in [0.05, 0.1) is 15.5 Å². The quantitative estimate of drug-likeness (QED) is 0.475. The lowest BCUT2D eigenvalue weighted by atomic mass is 10.1. The molecule has 0 radical (unpaired) electrons. The third kappa shape index (κ3) is 1.35. The summed E-state index contributed by atoms with van der Waals surface area (Å²) in [5.41, 5.74) is -0.899. The van der Waals surface area contributed by atoms with E-state index in [4.69, 9.17) is 23.2 Å². The fraction of sp³-hybridized carbons (Fsp3) is 0. The molecule has 1 aromatic rings. The van der Waals surface area contributed by atoms with E-state index < -0.39 is 22.3 Å². The van der Waals surface area contributed by atoms with Crippen LogP contribution in [-0.4, -0.2) is 16.6 Å². The van der Waals surface area contributed by atoms with E-state index in [1.807, 2.05) is 0 Å². The Balaban J connectivity index is 2.82. The molecule has 1 aliphatic rings. The van der Waals surface area contributed by atoms with Gasteiger partial charge in [0.2, 0.25) is 0 Å². The molecule has 2 rings (SSSR count). The van der Waals surface area contributed by atoms with E-state index in [0.717, 1.165) is 6.07 Å². The molecule has 6 nitrogen and oxygen atoms in total. The van der Waals surface area contributed by atoms with Crippen molar-refractivity contribution in [3.8, 4) is 0 Å². The second-order valence-corrected chi connectivity index (χ2v) is 3.77. The van der Waals surface area contributed by atoms with Gasteiger partial charge in [0.15, 0.2) is 0 Å². The van der Waals surface area contributed by atoms with E-state index in [2.05, 4.69) is 5.32 Å². The molecule has 0 aromatic heterocycles.